The van der Waals surface area contributed by atoms with Gasteiger partial charge >= 0.3 is 0 Å². The Morgan fingerprint density at radius 3 is 2.29 bits per heavy atom. The van der Waals surface area contributed by atoms with Crippen LogP contribution in [0.5, 0.6) is 11.5 Å². The summed E-state index contributed by atoms with van der Waals surface area (Å²) in [7, 11) is 1.76. The van der Waals surface area contributed by atoms with Crippen molar-refractivity contribution in [3.05, 3.63) is 82.9 Å². The van der Waals surface area contributed by atoms with Crippen molar-refractivity contribution in [2.24, 2.45) is 0 Å². The highest BCUT2D eigenvalue weighted by Crippen LogP contribution is 2.34. The third kappa shape index (κ3) is 4.94. The molecule has 0 aromatic heterocycles. The zero-order valence-electron chi connectivity index (χ0n) is 19.0. The zero-order valence-corrected chi connectivity index (χ0v) is 19.0. The predicted molar refractivity (Wildman–Crippen MR) is 128 cm³/mol. The number of piperidine rings is 1. The smallest absolute Gasteiger partial charge is 0.129 e. The zero-order chi connectivity index (χ0) is 21.6. The molecule has 1 heterocycles. The Morgan fingerprint density at radius 2 is 1.55 bits per heavy atom. The second kappa shape index (κ2) is 10.0. The first-order chi connectivity index (χ1) is 15.2. The average molecular weight is 416 g/mol. The molecule has 0 spiro atoms. The highest BCUT2D eigenvalue weighted by molar-refractivity contribution is 5.68. The minimum absolute atomic E-state index is 0.544. The standard InChI is InChI=1S/C28H33NO2/c1-21-25(13-10-14-26(21)23-11-6-4-7-12-23)20-31-27-16-15-24(28(30-3)22(27)2)19-29-17-8-5-9-18-29/h4,6-7,10-16H,5,8-9,17-20H2,1-3H3. The lowest BCUT2D eigenvalue weighted by atomic mass is 9.97. The molecule has 4 rings (SSSR count). The van der Waals surface area contributed by atoms with Crippen molar-refractivity contribution in [1.82, 2.24) is 4.90 Å². The first-order valence-corrected chi connectivity index (χ1v) is 11.3. The number of ether oxygens (including phenoxy) is 2. The Morgan fingerprint density at radius 1 is 0.774 bits per heavy atom. The molecule has 0 bridgehead atoms. The molecule has 0 saturated carbocycles. The molecule has 3 nitrogen and oxygen atoms in total. The Kier molecular flexibility index (Phi) is 6.93. The molecule has 1 saturated heterocycles. The van der Waals surface area contributed by atoms with E-state index in [9.17, 15) is 0 Å². The van der Waals surface area contributed by atoms with E-state index in [-0.39, 0.29) is 0 Å². The van der Waals surface area contributed by atoms with Gasteiger partial charge in [-0.2, -0.15) is 0 Å². The second-order valence-electron chi connectivity index (χ2n) is 8.46. The first kappa shape index (κ1) is 21.5. The van der Waals surface area contributed by atoms with Crippen molar-refractivity contribution in [3.63, 3.8) is 0 Å². The van der Waals surface area contributed by atoms with Crippen molar-refractivity contribution in [1.29, 1.82) is 0 Å². The van der Waals surface area contributed by atoms with Gasteiger partial charge in [-0.25, -0.2) is 0 Å². The van der Waals surface area contributed by atoms with Crippen LogP contribution in [0.1, 0.15) is 41.5 Å². The van der Waals surface area contributed by atoms with E-state index in [1.807, 2.05) is 0 Å². The van der Waals surface area contributed by atoms with Crippen molar-refractivity contribution in [2.45, 2.75) is 46.3 Å². The molecule has 1 fully saturated rings. The second-order valence-corrected chi connectivity index (χ2v) is 8.46. The van der Waals surface area contributed by atoms with Gasteiger partial charge in [0.25, 0.3) is 0 Å². The summed E-state index contributed by atoms with van der Waals surface area (Å²) in [6.07, 6.45) is 3.94. The topological polar surface area (TPSA) is 21.7 Å². The molecule has 31 heavy (non-hydrogen) atoms. The molecule has 162 valence electrons. The van der Waals surface area contributed by atoms with E-state index in [0.29, 0.717) is 6.61 Å². The van der Waals surface area contributed by atoms with Crippen LogP contribution in [-0.4, -0.2) is 25.1 Å². The fourth-order valence-corrected chi connectivity index (χ4v) is 4.58. The maximum Gasteiger partial charge on any atom is 0.129 e. The van der Waals surface area contributed by atoms with Gasteiger partial charge in [-0.1, -0.05) is 61.0 Å². The number of nitrogens with zero attached hydrogens (tertiary/aromatic N) is 1. The normalized spacial score (nSPS) is 14.4. The van der Waals surface area contributed by atoms with Crippen molar-refractivity contribution in [3.8, 4) is 22.6 Å². The lowest BCUT2D eigenvalue weighted by Crippen LogP contribution is -2.29. The predicted octanol–water partition coefficient (Wildman–Crippen LogP) is 6.54. The summed E-state index contributed by atoms with van der Waals surface area (Å²) in [5, 5.41) is 0. The SMILES string of the molecule is COc1c(CN2CCCCC2)ccc(OCc2cccc(-c3ccccc3)c2C)c1C. The van der Waals surface area contributed by atoms with E-state index in [2.05, 4.69) is 79.4 Å². The summed E-state index contributed by atoms with van der Waals surface area (Å²) in [6.45, 7) is 8.12. The minimum atomic E-state index is 0.544. The molecule has 3 aromatic carbocycles. The molecule has 3 aromatic rings. The van der Waals surface area contributed by atoms with Crippen LogP contribution >= 0.6 is 0 Å². The summed E-state index contributed by atoms with van der Waals surface area (Å²) >= 11 is 0. The highest BCUT2D eigenvalue weighted by atomic mass is 16.5. The number of hydrogen-bond acceptors (Lipinski definition) is 3. The lowest BCUT2D eigenvalue weighted by Gasteiger charge is -2.27. The van der Waals surface area contributed by atoms with Crippen LogP contribution in [0.3, 0.4) is 0 Å². The molecule has 0 amide bonds. The number of rotatable bonds is 7. The van der Waals surface area contributed by atoms with Crippen LogP contribution < -0.4 is 9.47 Å². The summed E-state index contributed by atoms with van der Waals surface area (Å²) in [5.74, 6) is 1.85. The van der Waals surface area contributed by atoms with E-state index in [0.717, 1.165) is 23.6 Å². The molecule has 0 radical (unpaired) electrons. The van der Waals surface area contributed by atoms with Gasteiger partial charge in [0.2, 0.25) is 0 Å². The first-order valence-electron chi connectivity index (χ1n) is 11.3. The summed E-state index contributed by atoms with van der Waals surface area (Å²) in [5.41, 5.74) is 7.29. The number of benzene rings is 3. The Hall–Kier alpha value is -2.78. The fourth-order valence-electron chi connectivity index (χ4n) is 4.58. The van der Waals surface area contributed by atoms with Gasteiger partial charge < -0.3 is 9.47 Å². The van der Waals surface area contributed by atoms with Gasteiger partial charge in [0.05, 0.1) is 7.11 Å². The fraction of sp³-hybridized carbons (Fsp3) is 0.357. The number of hydrogen-bond donors (Lipinski definition) is 0. The molecule has 0 aliphatic carbocycles. The Labute approximate surface area is 186 Å². The van der Waals surface area contributed by atoms with Gasteiger partial charge in [0, 0.05) is 17.7 Å². The van der Waals surface area contributed by atoms with E-state index in [1.54, 1.807) is 7.11 Å². The summed E-state index contributed by atoms with van der Waals surface area (Å²) in [6, 6.07) is 21.2. The van der Waals surface area contributed by atoms with Gasteiger partial charge in [-0.3, -0.25) is 4.90 Å². The summed E-state index contributed by atoms with van der Waals surface area (Å²) in [4.78, 5) is 2.53. The third-order valence-electron chi connectivity index (χ3n) is 6.40. The van der Waals surface area contributed by atoms with Gasteiger partial charge in [-0.05, 0) is 68.1 Å². The number of likely N-dealkylation sites (tertiary alicyclic amines) is 1. The maximum atomic E-state index is 6.29. The molecule has 1 aliphatic heterocycles. The largest absolute Gasteiger partial charge is 0.496 e. The van der Waals surface area contributed by atoms with Crippen molar-refractivity contribution >= 4 is 0 Å². The molecule has 0 N–H and O–H groups in total. The van der Waals surface area contributed by atoms with Crippen molar-refractivity contribution in [2.75, 3.05) is 20.2 Å². The van der Waals surface area contributed by atoms with E-state index in [1.165, 1.54) is 60.2 Å². The van der Waals surface area contributed by atoms with Crippen LogP contribution in [0, 0.1) is 13.8 Å². The van der Waals surface area contributed by atoms with E-state index >= 15 is 0 Å². The minimum Gasteiger partial charge on any atom is -0.496 e. The Balaban J connectivity index is 1.51. The molecule has 3 heteroatoms. The monoisotopic (exact) mass is 415 g/mol. The van der Waals surface area contributed by atoms with E-state index in [4.69, 9.17) is 9.47 Å². The van der Waals surface area contributed by atoms with Crippen LogP contribution in [0.2, 0.25) is 0 Å². The van der Waals surface area contributed by atoms with Crippen LogP contribution in [-0.2, 0) is 13.2 Å². The van der Waals surface area contributed by atoms with Gasteiger partial charge in [0.15, 0.2) is 0 Å². The summed E-state index contributed by atoms with van der Waals surface area (Å²) < 4.78 is 12.1. The van der Waals surface area contributed by atoms with Gasteiger partial charge in [-0.15, -0.1) is 0 Å². The molecular weight excluding hydrogens is 382 g/mol. The maximum absolute atomic E-state index is 6.29. The van der Waals surface area contributed by atoms with Crippen LogP contribution in [0.15, 0.2) is 60.7 Å². The quantitative estimate of drug-likeness (QED) is 0.437. The van der Waals surface area contributed by atoms with Crippen LogP contribution in [0.25, 0.3) is 11.1 Å². The molecule has 0 atom stereocenters. The molecule has 1 aliphatic rings. The van der Waals surface area contributed by atoms with Crippen molar-refractivity contribution < 1.29 is 9.47 Å². The molecule has 0 unspecified atom stereocenters. The third-order valence-corrected chi connectivity index (χ3v) is 6.40. The lowest BCUT2D eigenvalue weighted by molar-refractivity contribution is 0.217. The number of methoxy groups -OCH3 is 1. The van der Waals surface area contributed by atoms with Gasteiger partial charge in [0.1, 0.15) is 18.1 Å². The van der Waals surface area contributed by atoms with E-state index < -0.39 is 0 Å². The van der Waals surface area contributed by atoms with Crippen LogP contribution in [0.4, 0.5) is 0 Å². The Bertz CT molecular complexity index is 1010. The average Bonchev–Trinajstić information content (AvgIpc) is 2.81. The highest BCUT2D eigenvalue weighted by Gasteiger charge is 2.17. The molecular formula is C28H33NO2.